The first kappa shape index (κ1) is 10.9. The Morgan fingerprint density at radius 2 is 2.33 bits per heavy atom. The maximum atomic E-state index is 13.7. The number of rotatable bonds is 3. The van der Waals surface area contributed by atoms with Crippen molar-refractivity contribution in [3.8, 4) is 0 Å². The smallest absolute Gasteiger partial charge is 0.128 e. The molecule has 1 aromatic rings. The molecule has 0 spiro atoms. The summed E-state index contributed by atoms with van der Waals surface area (Å²) in [6.07, 6.45) is 0.709. The van der Waals surface area contributed by atoms with Crippen LogP contribution >= 0.6 is 11.6 Å². The summed E-state index contributed by atoms with van der Waals surface area (Å²) in [7, 11) is 0. The van der Waals surface area contributed by atoms with E-state index in [0.717, 1.165) is 0 Å². The summed E-state index contributed by atoms with van der Waals surface area (Å²) in [5.41, 5.74) is 5.69. The van der Waals surface area contributed by atoms with Gasteiger partial charge in [-0.05, 0) is 24.5 Å². The zero-order chi connectivity index (χ0) is 11.1. The number of halogens is 2. The Bertz CT molecular complexity index is 365. The third kappa shape index (κ3) is 1.55. The van der Waals surface area contributed by atoms with Gasteiger partial charge in [-0.25, -0.2) is 4.39 Å². The van der Waals surface area contributed by atoms with E-state index < -0.39 is 5.41 Å². The molecule has 0 aromatic heterocycles. The van der Waals surface area contributed by atoms with Gasteiger partial charge in [0.15, 0.2) is 0 Å². The highest BCUT2D eigenvalue weighted by Gasteiger charge is 2.55. The summed E-state index contributed by atoms with van der Waals surface area (Å²) in [5, 5.41) is 9.49. The van der Waals surface area contributed by atoms with Crippen molar-refractivity contribution in [3.05, 3.63) is 34.6 Å². The van der Waals surface area contributed by atoms with Crippen molar-refractivity contribution in [1.29, 1.82) is 0 Å². The largest absolute Gasteiger partial charge is 0.396 e. The van der Waals surface area contributed by atoms with Crippen molar-refractivity contribution in [3.63, 3.8) is 0 Å². The molecule has 4 heteroatoms. The quantitative estimate of drug-likeness (QED) is 0.829. The average molecular weight is 230 g/mol. The zero-order valence-corrected chi connectivity index (χ0v) is 8.97. The third-order valence-corrected chi connectivity index (χ3v) is 3.59. The molecule has 0 saturated heterocycles. The van der Waals surface area contributed by atoms with E-state index in [9.17, 15) is 4.39 Å². The summed E-state index contributed by atoms with van der Waals surface area (Å²) in [6, 6.07) is 4.61. The monoisotopic (exact) mass is 229 g/mol. The van der Waals surface area contributed by atoms with Gasteiger partial charge in [-0.2, -0.15) is 0 Å². The number of hydrogen-bond acceptors (Lipinski definition) is 2. The molecule has 1 aromatic carbocycles. The van der Waals surface area contributed by atoms with E-state index in [1.165, 1.54) is 6.07 Å². The van der Waals surface area contributed by atoms with Crippen LogP contribution in [0.2, 0.25) is 5.02 Å². The SMILES string of the molecule is NCC1(c2c(F)cccc2Cl)CC1CO. The molecule has 2 rings (SSSR count). The van der Waals surface area contributed by atoms with Crippen molar-refractivity contribution in [1.82, 2.24) is 0 Å². The lowest BCUT2D eigenvalue weighted by molar-refractivity contribution is 0.263. The van der Waals surface area contributed by atoms with Crippen LogP contribution in [0, 0.1) is 11.7 Å². The van der Waals surface area contributed by atoms with Crippen molar-refractivity contribution < 1.29 is 9.50 Å². The van der Waals surface area contributed by atoms with Gasteiger partial charge in [-0.3, -0.25) is 0 Å². The zero-order valence-electron chi connectivity index (χ0n) is 8.21. The van der Waals surface area contributed by atoms with Gasteiger partial charge in [0.25, 0.3) is 0 Å². The summed E-state index contributed by atoms with van der Waals surface area (Å²) in [5.74, 6) is -0.291. The van der Waals surface area contributed by atoms with E-state index in [1.54, 1.807) is 12.1 Å². The predicted octanol–water partition coefficient (Wildman–Crippen LogP) is 1.69. The molecule has 2 nitrogen and oxygen atoms in total. The number of aliphatic hydroxyl groups excluding tert-OH is 1. The van der Waals surface area contributed by atoms with E-state index in [-0.39, 0.29) is 18.3 Å². The van der Waals surface area contributed by atoms with Crippen molar-refractivity contribution in [2.45, 2.75) is 11.8 Å². The molecule has 0 heterocycles. The maximum absolute atomic E-state index is 13.7. The van der Waals surface area contributed by atoms with Gasteiger partial charge in [-0.15, -0.1) is 0 Å². The summed E-state index contributed by atoms with van der Waals surface area (Å²) in [6.45, 7) is 0.348. The molecule has 1 fully saturated rings. The van der Waals surface area contributed by atoms with E-state index in [4.69, 9.17) is 22.4 Å². The first-order valence-electron chi connectivity index (χ1n) is 4.91. The van der Waals surface area contributed by atoms with Gasteiger partial charge in [-0.1, -0.05) is 17.7 Å². The van der Waals surface area contributed by atoms with Crippen LogP contribution in [0.5, 0.6) is 0 Å². The highest BCUT2D eigenvalue weighted by molar-refractivity contribution is 6.31. The Kier molecular flexibility index (Phi) is 2.71. The minimum Gasteiger partial charge on any atom is -0.396 e. The molecule has 0 radical (unpaired) electrons. The second-order valence-electron chi connectivity index (χ2n) is 4.04. The lowest BCUT2D eigenvalue weighted by Gasteiger charge is -2.17. The number of hydrogen-bond donors (Lipinski definition) is 2. The minimum atomic E-state index is -0.447. The Morgan fingerprint density at radius 1 is 1.60 bits per heavy atom. The van der Waals surface area contributed by atoms with E-state index in [2.05, 4.69) is 0 Å². The summed E-state index contributed by atoms with van der Waals surface area (Å²) >= 11 is 5.98. The average Bonchev–Trinajstić information content (AvgIpc) is 2.93. The third-order valence-electron chi connectivity index (χ3n) is 3.28. The van der Waals surface area contributed by atoms with Crippen LogP contribution in [0.1, 0.15) is 12.0 Å². The lowest BCUT2D eigenvalue weighted by Crippen LogP contribution is -2.25. The molecule has 2 unspecified atom stereocenters. The topological polar surface area (TPSA) is 46.2 Å². The number of aliphatic hydroxyl groups is 1. The van der Waals surface area contributed by atoms with Crippen LogP contribution < -0.4 is 5.73 Å². The normalized spacial score (nSPS) is 29.2. The fourth-order valence-corrected chi connectivity index (χ4v) is 2.60. The van der Waals surface area contributed by atoms with Gasteiger partial charge in [0.05, 0.1) is 0 Å². The summed E-state index contributed by atoms with van der Waals surface area (Å²) in [4.78, 5) is 0. The fraction of sp³-hybridized carbons (Fsp3) is 0.455. The second-order valence-corrected chi connectivity index (χ2v) is 4.45. The van der Waals surface area contributed by atoms with Crippen LogP contribution in [0.3, 0.4) is 0 Å². The fourth-order valence-electron chi connectivity index (χ4n) is 2.25. The van der Waals surface area contributed by atoms with Crippen LogP contribution in [0.15, 0.2) is 18.2 Å². The van der Waals surface area contributed by atoms with Crippen molar-refractivity contribution in [2.75, 3.05) is 13.2 Å². The highest BCUT2D eigenvalue weighted by Crippen LogP contribution is 2.55. The van der Waals surface area contributed by atoms with E-state index in [0.29, 0.717) is 23.6 Å². The molecule has 0 bridgehead atoms. The molecule has 0 amide bonds. The molecular formula is C11H13ClFNO. The predicted molar refractivity (Wildman–Crippen MR) is 57.3 cm³/mol. The Balaban J connectivity index is 2.45. The molecule has 82 valence electrons. The van der Waals surface area contributed by atoms with Gasteiger partial charge in [0, 0.05) is 29.2 Å². The van der Waals surface area contributed by atoms with Crippen LogP contribution in [-0.4, -0.2) is 18.3 Å². The molecule has 1 aliphatic rings. The van der Waals surface area contributed by atoms with Crippen molar-refractivity contribution >= 4 is 11.6 Å². The molecule has 3 N–H and O–H groups in total. The second kappa shape index (κ2) is 3.74. The van der Waals surface area contributed by atoms with Gasteiger partial charge in [0.1, 0.15) is 5.82 Å². The standard InChI is InChI=1S/C11H13ClFNO/c12-8-2-1-3-9(13)10(8)11(6-14)4-7(11)5-15/h1-3,7,15H,4-6,14H2. The molecule has 15 heavy (non-hydrogen) atoms. The Morgan fingerprint density at radius 3 is 2.80 bits per heavy atom. The van der Waals surface area contributed by atoms with Crippen LogP contribution in [0.4, 0.5) is 4.39 Å². The van der Waals surface area contributed by atoms with Crippen LogP contribution in [-0.2, 0) is 5.41 Å². The number of benzene rings is 1. The highest BCUT2D eigenvalue weighted by atomic mass is 35.5. The van der Waals surface area contributed by atoms with Gasteiger partial charge < -0.3 is 10.8 Å². The maximum Gasteiger partial charge on any atom is 0.128 e. The molecule has 1 saturated carbocycles. The minimum absolute atomic E-state index is 0.0296. The first-order valence-corrected chi connectivity index (χ1v) is 5.29. The van der Waals surface area contributed by atoms with Crippen molar-refractivity contribution in [2.24, 2.45) is 11.7 Å². The molecule has 2 atom stereocenters. The Labute approximate surface area is 92.9 Å². The summed E-state index contributed by atoms with van der Waals surface area (Å²) < 4.78 is 13.7. The number of nitrogens with two attached hydrogens (primary N) is 1. The lowest BCUT2D eigenvalue weighted by atomic mass is 9.93. The molecule has 1 aliphatic carbocycles. The van der Waals surface area contributed by atoms with Gasteiger partial charge >= 0.3 is 0 Å². The Hall–Kier alpha value is -0.640. The first-order chi connectivity index (χ1) is 7.15. The molecule has 0 aliphatic heterocycles. The van der Waals surface area contributed by atoms with E-state index >= 15 is 0 Å². The molecular weight excluding hydrogens is 217 g/mol. The van der Waals surface area contributed by atoms with Gasteiger partial charge in [0.2, 0.25) is 0 Å². The van der Waals surface area contributed by atoms with E-state index in [1.807, 2.05) is 0 Å². The van der Waals surface area contributed by atoms with Crippen LogP contribution in [0.25, 0.3) is 0 Å².